The Labute approximate surface area is 164 Å². The molecule has 2 aromatic carbocycles. The smallest absolute Gasteiger partial charge is 0.338 e. The molecule has 0 atom stereocenters. The Balaban J connectivity index is 1.67. The molecule has 1 amide bonds. The number of para-hydroxylation sites is 1. The fourth-order valence-corrected chi connectivity index (χ4v) is 4.23. The third kappa shape index (κ3) is 4.40. The normalized spacial score (nSPS) is 13.7. The zero-order valence-electron chi connectivity index (χ0n) is 15.6. The molecular weight excluding hydrogens is 380 g/mol. The topological polar surface area (TPSA) is 92.8 Å². The lowest BCUT2D eigenvalue weighted by Crippen LogP contribution is -2.38. The van der Waals surface area contributed by atoms with Crippen molar-refractivity contribution in [2.24, 2.45) is 0 Å². The highest BCUT2D eigenvalue weighted by Gasteiger charge is 2.23. The standard InChI is InChI=1S/C20H22N2O5S/c1-2-21-28(25,26)17-10-5-8-16(13-17)20(24)27-14-19(23)22-12-6-9-15-7-3-4-11-18(15)22/h3-5,7-8,10-11,13,21H,2,6,9,12,14H2,1H3. The quantitative estimate of drug-likeness (QED) is 0.747. The Hall–Kier alpha value is -2.71. The lowest BCUT2D eigenvalue weighted by atomic mass is 10.0. The molecule has 1 N–H and O–H groups in total. The lowest BCUT2D eigenvalue weighted by Gasteiger charge is -2.29. The first kappa shape index (κ1) is 20.0. The number of carbonyl (C=O) groups excluding carboxylic acids is 2. The van der Waals surface area contributed by atoms with Gasteiger partial charge in [-0.3, -0.25) is 4.79 Å². The molecule has 1 aliphatic rings. The van der Waals surface area contributed by atoms with Gasteiger partial charge in [-0.05, 0) is 42.7 Å². The number of carbonyl (C=O) groups is 2. The summed E-state index contributed by atoms with van der Waals surface area (Å²) in [4.78, 5) is 26.5. The summed E-state index contributed by atoms with van der Waals surface area (Å²) in [5.41, 5.74) is 2.01. The van der Waals surface area contributed by atoms with E-state index in [9.17, 15) is 18.0 Å². The van der Waals surface area contributed by atoms with Gasteiger partial charge in [0, 0.05) is 18.8 Å². The SMILES string of the molecule is CCNS(=O)(=O)c1cccc(C(=O)OCC(=O)N2CCCc3ccccc32)c1. The highest BCUT2D eigenvalue weighted by atomic mass is 32.2. The molecule has 148 valence electrons. The highest BCUT2D eigenvalue weighted by Crippen LogP contribution is 2.26. The molecule has 0 unspecified atom stereocenters. The molecule has 0 bridgehead atoms. The minimum absolute atomic E-state index is 0.0277. The van der Waals surface area contributed by atoms with E-state index in [0.29, 0.717) is 6.54 Å². The van der Waals surface area contributed by atoms with Gasteiger partial charge in [-0.1, -0.05) is 31.2 Å². The van der Waals surface area contributed by atoms with Crippen LogP contribution < -0.4 is 9.62 Å². The van der Waals surface area contributed by atoms with Crippen LogP contribution in [0.1, 0.15) is 29.3 Å². The molecular formula is C20H22N2O5S. The summed E-state index contributed by atoms with van der Waals surface area (Å²) >= 11 is 0. The predicted molar refractivity (Wildman–Crippen MR) is 105 cm³/mol. The number of nitrogens with one attached hydrogen (secondary N) is 1. The van der Waals surface area contributed by atoms with Gasteiger partial charge in [-0.15, -0.1) is 0 Å². The Morgan fingerprint density at radius 2 is 1.93 bits per heavy atom. The Morgan fingerprint density at radius 3 is 2.71 bits per heavy atom. The van der Waals surface area contributed by atoms with Gasteiger partial charge in [0.2, 0.25) is 10.0 Å². The molecule has 0 saturated carbocycles. The van der Waals surface area contributed by atoms with Gasteiger partial charge in [-0.2, -0.15) is 0 Å². The van der Waals surface area contributed by atoms with Crippen molar-refractivity contribution in [1.29, 1.82) is 0 Å². The Kier molecular flexibility index (Phi) is 6.11. The number of aryl methyl sites for hydroxylation is 1. The van der Waals surface area contributed by atoms with Gasteiger partial charge >= 0.3 is 5.97 Å². The molecule has 0 aliphatic carbocycles. The zero-order valence-corrected chi connectivity index (χ0v) is 16.4. The van der Waals surface area contributed by atoms with Crippen LogP contribution in [0.4, 0.5) is 5.69 Å². The van der Waals surface area contributed by atoms with Gasteiger partial charge in [0.15, 0.2) is 6.61 Å². The molecule has 0 aromatic heterocycles. The molecule has 1 heterocycles. The van der Waals surface area contributed by atoms with E-state index in [1.165, 1.54) is 24.3 Å². The first-order valence-electron chi connectivity index (χ1n) is 9.07. The molecule has 1 aliphatic heterocycles. The maximum Gasteiger partial charge on any atom is 0.338 e. The third-order valence-corrected chi connectivity index (χ3v) is 6.00. The molecule has 7 nitrogen and oxygen atoms in total. The number of amides is 1. The summed E-state index contributed by atoms with van der Waals surface area (Å²) < 4.78 is 31.7. The number of sulfonamides is 1. The number of hydrogen-bond donors (Lipinski definition) is 1. The Bertz CT molecular complexity index is 988. The molecule has 0 spiro atoms. The number of esters is 1. The van der Waals surface area contributed by atoms with Crippen LogP contribution in [0.2, 0.25) is 0 Å². The van der Waals surface area contributed by atoms with Crippen LogP contribution in [0, 0.1) is 0 Å². The maximum absolute atomic E-state index is 12.6. The van der Waals surface area contributed by atoms with E-state index in [1.54, 1.807) is 11.8 Å². The van der Waals surface area contributed by atoms with Gasteiger partial charge in [0.1, 0.15) is 0 Å². The van der Waals surface area contributed by atoms with Crippen molar-refractivity contribution in [3.05, 3.63) is 59.7 Å². The summed E-state index contributed by atoms with van der Waals surface area (Å²) in [5.74, 6) is -1.05. The number of fused-ring (bicyclic) bond motifs is 1. The predicted octanol–water partition coefficient (Wildman–Crippen LogP) is 2.12. The maximum atomic E-state index is 12.6. The van der Waals surface area contributed by atoms with E-state index >= 15 is 0 Å². The number of anilines is 1. The van der Waals surface area contributed by atoms with Crippen molar-refractivity contribution in [2.75, 3.05) is 24.6 Å². The van der Waals surface area contributed by atoms with Gasteiger partial charge < -0.3 is 9.64 Å². The summed E-state index contributed by atoms with van der Waals surface area (Å²) in [7, 11) is -3.68. The number of benzene rings is 2. The average Bonchev–Trinajstić information content (AvgIpc) is 2.71. The highest BCUT2D eigenvalue weighted by molar-refractivity contribution is 7.89. The van der Waals surface area contributed by atoms with Crippen molar-refractivity contribution in [1.82, 2.24) is 4.72 Å². The first-order chi connectivity index (χ1) is 13.4. The average molecular weight is 402 g/mol. The second-order valence-corrected chi connectivity index (χ2v) is 8.15. The van der Waals surface area contributed by atoms with Crippen molar-refractivity contribution >= 4 is 27.6 Å². The van der Waals surface area contributed by atoms with E-state index in [4.69, 9.17) is 4.74 Å². The lowest BCUT2D eigenvalue weighted by molar-refractivity contribution is -0.121. The molecule has 0 radical (unpaired) electrons. The fraction of sp³-hybridized carbons (Fsp3) is 0.300. The van der Waals surface area contributed by atoms with Crippen LogP contribution in [0.5, 0.6) is 0 Å². The Morgan fingerprint density at radius 1 is 1.14 bits per heavy atom. The molecule has 0 saturated heterocycles. The van der Waals surface area contributed by atoms with Crippen molar-refractivity contribution in [3.8, 4) is 0 Å². The minimum Gasteiger partial charge on any atom is -0.452 e. The molecule has 2 aromatic rings. The second kappa shape index (κ2) is 8.53. The van der Waals surface area contributed by atoms with Crippen molar-refractivity contribution in [3.63, 3.8) is 0 Å². The zero-order chi connectivity index (χ0) is 20.1. The van der Waals surface area contributed by atoms with Gasteiger partial charge in [0.05, 0.1) is 10.5 Å². The molecule has 3 rings (SSSR count). The van der Waals surface area contributed by atoms with Crippen molar-refractivity contribution < 1.29 is 22.7 Å². The monoisotopic (exact) mass is 402 g/mol. The van der Waals surface area contributed by atoms with Crippen LogP contribution in [0.3, 0.4) is 0 Å². The van der Waals surface area contributed by atoms with Gasteiger partial charge in [0.25, 0.3) is 5.91 Å². The van der Waals surface area contributed by atoms with E-state index in [1.807, 2.05) is 24.3 Å². The van der Waals surface area contributed by atoms with E-state index < -0.39 is 22.6 Å². The molecule has 28 heavy (non-hydrogen) atoms. The van der Waals surface area contributed by atoms with Crippen LogP contribution in [-0.4, -0.2) is 40.0 Å². The largest absolute Gasteiger partial charge is 0.452 e. The summed E-state index contributed by atoms with van der Waals surface area (Å²) in [6.45, 7) is 2.07. The van der Waals surface area contributed by atoms with Gasteiger partial charge in [-0.25, -0.2) is 17.9 Å². The van der Waals surface area contributed by atoms with Crippen LogP contribution in [0.25, 0.3) is 0 Å². The van der Waals surface area contributed by atoms with E-state index in [2.05, 4.69) is 4.72 Å². The number of nitrogens with zero attached hydrogens (tertiary/aromatic N) is 1. The van der Waals surface area contributed by atoms with Crippen molar-refractivity contribution in [2.45, 2.75) is 24.7 Å². The van der Waals surface area contributed by atoms with Crippen LogP contribution in [0.15, 0.2) is 53.4 Å². The second-order valence-electron chi connectivity index (χ2n) is 6.38. The number of ether oxygens (including phenoxy) is 1. The summed E-state index contributed by atoms with van der Waals surface area (Å²) in [6, 6.07) is 13.2. The third-order valence-electron chi connectivity index (χ3n) is 4.45. The summed E-state index contributed by atoms with van der Waals surface area (Å²) in [5, 5.41) is 0. The van der Waals surface area contributed by atoms with E-state index in [-0.39, 0.29) is 22.9 Å². The summed E-state index contributed by atoms with van der Waals surface area (Å²) in [6.07, 6.45) is 1.76. The molecule has 0 fully saturated rings. The minimum atomic E-state index is -3.68. The van der Waals surface area contributed by atoms with Crippen LogP contribution >= 0.6 is 0 Å². The first-order valence-corrected chi connectivity index (χ1v) is 10.6. The van der Waals surface area contributed by atoms with E-state index in [0.717, 1.165) is 24.1 Å². The number of hydrogen-bond acceptors (Lipinski definition) is 5. The molecule has 8 heteroatoms. The fourth-order valence-electron chi connectivity index (χ4n) is 3.14. The number of rotatable bonds is 6. The van der Waals surface area contributed by atoms with Crippen LogP contribution in [-0.2, 0) is 26.0 Å².